The van der Waals surface area contributed by atoms with Crippen LogP contribution in [-0.2, 0) is 16.6 Å². The number of aromatic nitrogens is 2. The van der Waals surface area contributed by atoms with Crippen molar-refractivity contribution in [2.24, 2.45) is 0 Å². The molecule has 3 heterocycles. The highest BCUT2D eigenvalue weighted by Gasteiger charge is 2.30. The van der Waals surface area contributed by atoms with Crippen LogP contribution in [0.4, 0.5) is 0 Å². The van der Waals surface area contributed by atoms with Crippen molar-refractivity contribution in [1.82, 2.24) is 14.4 Å². The molecule has 4 rings (SSSR count). The van der Waals surface area contributed by atoms with Gasteiger partial charge in [-0.3, -0.25) is 4.52 Å². The summed E-state index contributed by atoms with van der Waals surface area (Å²) in [4.78, 5) is 4.12. The fourth-order valence-corrected chi connectivity index (χ4v) is 4.45. The lowest BCUT2D eigenvalue weighted by molar-refractivity contribution is 0.175. The molecule has 0 unspecified atom stereocenters. The highest BCUT2D eigenvalue weighted by atomic mass is 35.5. The first-order valence-corrected chi connectivity index (χ1v) is 10.2. The smallest absolute Gasteiger partial charge is 0.418 e. The largest absolute Gasteiger partial charge is 0.445 e. The summed E-state index contributed by atoms with van der Waals surface area (Å²) in [6.45, 7) is 0.989. The molecular formula is C17H16ClN3O5S. The highest BCUT2D eigenvalue weighted by Crippen LogP contribution is 2.27. The van der Waals surface area contributed by atoms with E-state index >= 15 is 0 Å². The second-order valence-electron chi connectivity index (χ2n) is 5.98. The third-order valence-electron chi connectivity index (χ3n) is 4.16. The molecular weight excluding hydrogens is 394 g/mol. The summed E-state index contributed by atoms with van der Waals surface area (Å²) < 4.78 is 42.2. The summed E-state index contributed by atoms with van der Waals surface area (Å²) in [5, 5.41) is 4.23. The SMILES string of the molecule is O=S(=O)(c1ccc(COc2nc(-c3ccccc3Cl)no2)o1)N1CCCC1. The molecule has 10 heteroatoms. The number of nitrogens with zero attached hydrogens (tertiary/aromatic N) is 3. The molecule has 3 aromatic rings. The van der Waals surface area contributed by atoms with Crippen LogP contribution in [0.15, 0.2) is 50.4 Å². The van der Waals surface area contributed by atoms with Gasteiger partial charge in [0.15, 0.2) is 6.61 Å². The number of hydrogen-bond donors (Lipinski definition) is 0. The maximum atomic E-state index is 12.5. The molecule has 0 atom stereocenters. The Bertz CT molecular complexity index is 1040. The fourth-order valence-electron chi connectivity index (χ4n) is 2.78. The lowest BCUT2D eigenvalue weighted by Crippen LogP contribution is -2.27. The number of ether oxygens (including phenoxy) is 1. The molecule has 27 heavy (non-hydrogen) atoms. The van der Waals surface area contributed by atoms with Crippen molar-refractivity contribution in [3.63, 3.8) is 0 Å². The van der Waals surface area contributed by atoms with E-state index in [1.165, 1.54) is 10.4 Å². The number of hydrogen-bond acceptors (Lipinski definition) is 7. The van der Waals surface area contributed by atoms with E-state index in [4.69, 9.17) is 25.3 Å². The van der Waals surface area contributed by atoms with Crippen LogP contribution < -0.4 is 4.74 Å². The van der Waals surface area contributed by atoms with Crippen molar-refractivity contribution in [1.29, 1.82) is 0 Å². The Labute approximate surface area is 160 Å². The fraction of sp³-hybridized carbons (Fsp3) is 0.294. The zero-order valence-electron chi connectivity index (χ0n) is 14.2. The van der Waals surface area contributed by atoms with Gasteiger partial charge in [-0.05, 0) is 37.1 Å². The van der Waals surface area contributed by atoms with Crippen molar-refractivity contribution in [3.8, 4) is 17.5 Å². The summed E-state index contributed by atoms with van der Waals surface area (Å²) >= 11 is 6.10. The average Bonchev–Trinajstić information content (AvgIpc) is 3.41. The van der Waals surface area contributed by atoms with Gasteiger partial charge in [-0.25, -0.2) is 8.42 Å². The number of rotatable bonds is 6. The molecule has 0 aliphatic carbocycles. The van der Waals surface area contributed by atoms with Gasteiger partial charge >= 0.3 is 6.08 Å². The van der Waals surface area contributed by atoms with Gasteiger partial charge in [-0.1, -0.05) is 28.9 Å². The standard InChI is InChI=1S/C17H16ClN3O5S/c18-14-6-2-1-5-13(14)16-19-17(26-20-16)24-11-12-7-8-15(25-12)27(22,23)21-9-3-4-10-21/h1-2,5-8H,3-4,9-11H2. The predicted molar refractivity (Wildman–Crippen MR) is 95.8 cm³/mol. The van der Waals surface area contributed by atoms with Crippen LogP contribution in [0.25, 0.3) is 11.4 Å². The lowest BCUT2D eigenvalue weighted by Gasteiger charge is -2.12. The summed E-state index contributed by atoms with van der Waals surface area (Å²) in [7, 11) is -3.59. The number of benzene rings is 1. The van der Waals surface area contributed by atoms with Crippen LogP contribution in [0, 0.1) is 0 Å². The number of sulfonamides is 1. The summed E-state index contributed by atoms with van der Waals surface area (Å²) in [5.41, 5.74) is 0.620. The second-order valence-corrected chi connectivity index (χ2v) is 8.26. The molecule has 0 radical (unpaired) electrons. The van der Waals surface area contributed by atoms with E-state index in [0.29, 0.717) is 35.3 Å². The molecule has 0 bridgehead atoms. The van der Waals surface area contributed by atoms with Gasteiger partial charge in [0.1, 0.15) is 5.76 Å². The molecule has 1 aliphatic heterocycles. The van der Waals surface area contributed by atoms with Crippen LogP contribution in [-0.4, -0.2) is 36.0 Å². The van der Waals surface area contributed by atoms with E-state index in [1.54, 1.807) is 24.3 Å². The van der Waals surface area contributed by atoms with Crippen LogP contribution in [0.2, 0.25) is 5.02 Å². The minimum absolute atomic E-state index is 0.0420. The molecule has 0 amide bonds. The lowest BCUT2D eigenvalue weighted by atomic mass is 10.2. The van der Waals surface area contributed by atoms with Gasteiger partial charge in [-0.15, -0.1) is 0 Å². The Morgan fingerprint density at radius 2 is 1.93 bits per heavy atom. The second kappa shape index (κ2) is 7.34. The van der Waals surface area contributed by atoms with E-state index in [9.17, 15) is 8.42 Å². The van der Waals surface area contributed by atoms with Gasteiger partial charge in [-0.2, -0.15) is 9.29 Å². The van der Waals surface area contributed by atoms with Gasteiger partial charge in [0.25, 0.3) is 10.0 Å². The first-order valence-electron chi connectivity index (χ1n) is 8.34. The zero-order valence-corrected chi connectivity index (χ0v) is 15.7. The molecule has 1 aromatic carbocycles. The van der Waals surface area contributed by atoms with Crippen LogP contribution in [0.1, 0.15) is 18.6 Å². The highest BCUT2D eigenvalue weighted by molar-refractivity contribution is 7.89. The zero-order chi connectivity index (χ0) is 18.9. The van der Waals surface area contributed by atoms with E-state index in [2.05, 4.69) is 10.1 Å². The Kier molecular flexibility index (Phi) is 4.90. The molecule has 1 saturated heterocycles. The van der Waals surface area contributed by atoms with Crippen molar-refractivity contribution >= 4 is 21.6 Å². The molecule has 8 nitrogen and oxygen atoms in total. The van der Waals surface area contributed by atoms with E-state index < -0.39 is 10.0 Å². The van der Waals surface area contributed by atoms with Gasteiger partial charge in [0.05, 0.1) is 5.02 Å². The molecule has 2 aromatic heterocycles. The molecule has 0 spiro atoms. The maximum Gasteiger partial charge on any atom is 0.418 e. The van der Waals surface area contributed by atoms with E-state index in [0.717, 1.165) is 12.8 Å². The average molecular weight is 410 g/mol. The quantitative estimate of drug-likeness (QED) is 0.615. The molecule has 1 fully saturated rings. The third-order valence-corrected chi connectivity index (χ3v) is 6.26. The Morgan fingerprint density at radius 1 is 1.15 bits per heavy atom. The van der Waals surface area contributed by atoms with Gasteiger partial charge < -0.3 is 9.15 Å². The topological polar surface area (TPSA) is 98.7 Å². The minimum Gasteiger partial charge on any atom is -0.445 e. The molecule has 1 aliphatic rings. The van der Waals surface area contributed by atoms with Crippen molar-refractivity contribution in [2.75, 3.05) is 13.1 Å². The summed E-state index contributed by atoms with van der Waals surface area (Å²) in [6, 6.07) is 10.1. The molecule has 0 saturated carbocycles. The van der Waals surface area contributed by atoms with Crippen molar-refractivity contribution < 1.29 is 22.1 Å². The van der Waals surface area contributed by atoms with E-state index in [-0.39, 0.29) is 17.8 Å². The maximum absolute atomic E-state index is 12.5. The third kappa shape index (κ3) is 3.71. The number of furan rings is 1. The van der Waals surface area contributed by atoms with Crippen molar-refractivity contribution in [2.45, 2.75) is 24.5 Å². The molecule has 0 N–H and O–H groups in total. The van der Waals surface area contributed by atoms with Gasteiger partial charge in [0, 0.05) is 18.7 Å². The van der Waals surface area contributed by atoms with Crippen LogP contribution >= 0.6 is 11.6 Å². The van der Waals surface area contributed by atoms with Crippen LogP contribution in [0.3, 0.4) is 0 Å². The first-order chi connectivity index (χ1) is 13.0. The van der Waals surface area contributed by atoms with E-state index in [1.807, 2.05) is 6.07 Å². The summed E-state index contributed by atoms with van der Waals surface area (Å²) in [6.07, 6.45) is 1.66. The Balaban J connectivity index is 1.43. The van der Waals surface area contributed by atoms with Crippen molar-refractivity contribution in [3.05, 3.63) is 47.2 Å². The Hall–Kier alpha value is -2.36. The van der Waals surface area contributed by atoms with Gasteiger partial charge in [0.2, 0.25) is 10.9 Å². The Morgan fingerprint density at radius 3 is 2.70 bits per heavy atom. The first kappa shape index (κ1) is 18.0. The predicted octanol–water partition coefficient (Wildman–Crippen LogP) is 3.35. The van der Waals surface area contributed by atoms with Crippen LogP contribution in [0.5, 0.6) is 6.08 Å². The normalized spacial score (nSPS) is 15.3. The minimum atomic E-state index is -3.59. The monoisotopic (exact) mass is 409 g/mol. The molecule has 142 valence electrons. The summed E-state index contributed by atoms with van der Waals surface area (Å²) in [5.74, 6) is 0.637. The number of halogens is 1.